The fourth-order valence-corrected chi connectivity index (χ4v) is 3.33. The summed E-state index contributed by atoms with van der Waals surface area (Å²) in [6.45, 7) is 8.82. The number of para-hydroxylation sites is 1. The lowest BCUT2D eigenvalue weighted by atomic mass is 10.1. The molecule has 0 spiro atoms. The molecule has 1 amide bonds. The molecule has 0 unspecified atom stereocenters. The Balaban J connectivity index is 2.01. The van der Waals surface area contributed by atoms with Crippen LogP contribution in [-0.4, -0.2) is 26.0 Å². The van der Waals surface area contributed by atoms with Gasteiger partial charge in [-0.2, -0.15) is 0 Å². The molecule has 0 bridgehead atoms. The number of hydrogen-bond donors (Lipinski definition) is 2. The fourth-order valence-electron chi connectivity index (χ4n) is 3.33. The first-order valence-electron chi connectivity index (χ1n) is 8.77. The Morgan fingerprint density at radius 2 is 2.00 bits per heavy atom. The predicted molar refractivity (Wildman–Crippen MR) is 102 cm³/mol. The molecule has 0 aliphatic carbocycles. The molecule has 1 aromatic carbocycles. The molecule has 2 N–H and O–H groups in total. The quantitative estimate of drug-likeness (QED) is 0.709. The maximum atomic E-state index is 11.9. The number of nitrogens with zero attached hydrogens (tertiary/aromatic N) is 3. The van der Waals surface area contributed by atoms with Gasteiger partial charge in [-0.25, -0.2) is 9.98 Å². The van der Waals surface area contributed by atoms with Crippen molar-refractivity contribution in [2.24, 2.45) is 12.0 Å². The molecule has 0 atom stereocenters. The van der Waals surface area contributed by atoms with Gasteiger partial charge in [0.15, 0.2) is 0 Å². The van der Waals surface area contributed by atoms with Crippen molar-refractivity contribution in [2.75, 3.05) is 0 Å². The number of hydrogen-bond acceptors (Lipinski definition) is 3. The molecule has 26 heavy (non-hydrogen) atoms. The normalized spacial score (nSPS) is 14.8. The average Bonchev–Trinajstić information content (AvgIpc) is 3.13. The van der Waals surface area contributed by atoms with Crippen LogP contribution in [0.2, 0.25) is 0 Å². The van der Waals surface area contributed by atoms with E-state index in [0.29, 0.717) is 12.2 Å². The molecule has 6 heteroatoms. The van der Waals surface area contributed by atoms with Crippen LogP contribution < -0.4 is 10.9 Å². The van der Waals surface area contributed by atoms with Crippen LogP contribution in [0.1, 0.15) is 42.5 Å². The molecule has 0 radical (unpaired) electrons. The number of benzene rings is 1. The van der Waals surface area contributed by atoms with E-state index in [0.717, 1.165) is 39.1 Å². The number of aromatic nitrogens is 3. The Kier molecular flexibility index (Phi) is 3.54. The third kappa shape index (κ3) is 2.62. The number of carbonyl (C=O) groups excluding carboxylic acids is 1. The van der Waals surface area contributed by atoms with Crippen molar-refractivity contribution in [2.45, 2.75) is 39.8 Å². The van der Waals surface area contributed by atoms with Gasteiger partial charge in [-0.1, -0.05) is 18.2 Å². The highest BCUT2D eigenvalue weighted by Crippen LogP contribution is 2.30. The molecular formula is C20H23N5O. The smallest absolute Gasteiger partial charge is 0.253 e. The van der Waals surface area contributed by atoms with E-state index in [-0.39, 0.29) is 11.4 Å². The number of aromatic amines is 1. The van der Waals surface area contributed by atoms with Crippen molar-refractivity contribution in [1.29, 1.82) is 0 Å². The summed E-state index contributed by atoms with van der Waals surface area (Å²) in [6, 6.07) is 8.05. The van der Waals surface area contributed by atoms with Gasteiger partial charge in [0.05, 0.1) is 23.2 Å². The van der Waals surface area contributed by atoms with Gasteiger partial charge in [0.1, 0.15) is 0 Å². The zero-order chi connectivity index (χ0) is 18.6. The predicted octanol–water partition coefficient (Wildman–Crippen LogP) is 2.82. The molecule has 4 rings (SSSR count). The van der Waals surface area contributed by atoms with Gasteiger partial charge < -0.3 is 14.9 Å². The van der Waals surface area contributed by atoms with Crippen LogP contribution >= 0.6 is 0 Å². The van der Waals surface area contributed by atoms with E-state index in [9.17, 15) is 4.79 Å². The Morgan fingerprint density at radius 1 is 1.23 bits per heavy atom. The van der Waals surface area contributed by atoms with Crippen LogP contribution in [0.4, 0.5) is 0 Å². The van der Waals surface area contributed by atoms with E-state index >= 15 is 0 Å². The summed E-state index contributed by atoms with van der Waals surface area (Å²) in [5.41, 5.74) is 6.03. The number of nitrogens with one attached hydrogen (secondary N) is 2. The van der Waals surface area contributed by atoms with Crippen LogP contribution in [0.3, 0.4) is 0 Å². The lowest BCUT2D eigenvalue weighted by molar-refractivity contribution is 0.0965. The fraction of sp³-hybridized carbons (Fsp3) is 0.350. The first-order valence-corrected chi connectivity index (χ1v) is 8.77. The van der Waals surface area contributed by atoms with Crippen LogP contribution in [-0.2, 0) is 13.6 Å². The SMILES string of the molecule is Cc1c2cccc(-c3cc4c([nH]3)CNC4=O)c2nc(=NC(C)(C)C)n1C. The number of rotatable bonds is 1. The molecule has 3 heterocycles. The van der Waals surface area contributed by atoms with Gasteiger partial charge in [0, 0.05) is 35.1 Å². The zero-order valence-corrected chi connectivity index (χ0v) is 15.8. The third-order valence-electron chi connectivity index (χ3n) is 4.74. The maximum absolute atomic E-state index is 11.9. The monoisotopic (exact) mass is 349 g/mol. The summed E-state index contributed by atoms with van der Waals surface area (Å²) in [4.78, 5) is 24.9. The lowest BCUT2D eigenvalue weighted by Gasteiger charge is -2.15. The molecule has 0 saturated carbocycles. The van der Waals surface area contributed by atoms with Crippen molar-refractivity contribution in [3.8, 4) is 11.3 Å². The second-order valence-corrected chi connectivity index (χ2v) is 7.80. The second kappa shape index (κ2) is 5.56. The van der Waals surface area contributed by atoms with Gasteiger partial charge in [-0.3, -0.25) is 4.79 Å². The highest BCUT2D eigenvalue weighted by molar-refractivity contribution is 6.01. The molecule has 6 nitrogen and oxygen atoms in total. The van der Waals surface area contributed by atoms with E-state index in [1.807, 2.05) is 29.8 Å². The summed E-state index contributed by atoms with van der Waals surface area (Å²) < 4.78 is 2.03. The topological polar surface area (TPSA) is 75.1 Å². The standard InChI is InChI=1S/C20H23N5O/c1-11-12-7-6-8-13(15-9-14-16(22-15)10-21-18(14)26)17(12)23-19(25(11)5)24-20(2,3)4/h6-9,22H,10H2,1-5H3,(H,21,26). The lowest BCUT2D eigenvalue weighted by Crippen LogP contribution is -2.28. The molecule has 0 saturated heterocycles. The molecule has 0 fully saturated rings. The van der Waals surface area contributed by atoms with Gasteiger partial charge >= 0.3 is 0 Å². The Labute approximate surface area is 152 Å². The van der Waals surface area contributed by atoms with E-state index in [1.54, 1.807) is 0 Å². The molecule has 1 aliphatic rings. The number of carbonyl (C=O) groups is 1. The Morgan fingerprint density at radius 3 is 2.69 bits per heavy atom. The van der Waals surface area contributed by atoms with Crippen LogP contribution in [0.25, 0.3) is 22.2 Å². The largest absolute Gasteiger partial charge is 0.356 e. The molecule has 3 aromatic rings. The average molecular weight is 349 g/mol. The van der Waals surface area contributed by atoms with E-state index in [2.05, 4.69) is 44.1 Å². The highest BCUT2D eigenvalue weighted by Gasteiger charge is 2.23. The van der Waals surface area contributed by atoms with Gasteiger partial charge in [-0.15, -0.1) is 0 Å². The first-order chi connectivity index (χ1) is 12.2. The Hall–Kier alpha value is -2.89. The first kappa shape index (κ1) is 16.6. The van der Waals surface area contributed by atoms with Crippen molar-refractivity contribution < 1.29 is 4.79 Å². The van der Waals surface area contributed by atoms with Crippen molar-refractivity contribution >= 4 is 16.8 Å². The van der Waals surface area contributed by atoms with Crippen LogP contribution in [0.5, 0.6) is 0 Å². The van der Waals surface area contributed by atoms with Gasteiger partial charge in [0.25, 0.3) is 5.91 Å². The minimum atomic E-state index is -0.217. The molecule has 1 aliphatic heterocycles. The summed E-state index contributed by atoms with van der Waals surface area (Å²) in [5.74, 6) is -0.0262. The van der Waals surface area contributed by atoms with Crippen molar-refractivity contribution in [3.63, 3.8) is 0 Å². The summed E-state index contributed by atoms with van der Waals surface area (Å²) in [6.07, 6.45) is 0. The highest BCUT2D eigenvalue weighted by atomic mass is 16.1. The molecule has 2 aromatic heterocycles. The minimum absolute atomic E-state index is 0.0262. The third-order valence-corrected chi connectivity index (χ3v) is 4.74. The number of fused-ring (bicyclic) bond motifs is 2. The van der Waals surface area contributed by atoms with Gasteiger partial charge in [-0.05, 0) is 33.8 Å². The summed E-state index contributed by atoms with van der Waals surface area (Å²) in [7, 11) is 1.99. The summed E-state index contributed by atoms with van der Waals surface area (Å²) >= 11 is 0. The van der Waals surface area contributed by atoms with Crippen LogP contribution in [0.15, 0.2) is 29.3 Å². The number of amides is 1. The minimum Gasteiger partial charge on any atom is -0.356 e. The van der Waals surface area contributed by atoms with Gasteiger partial charge in [0.2, 0.25) is 5.62 Å². The number of H-pyrrole nitrogens is 1. The van der Waals surface area contributed by atoms with Crippen molar-refractivity contribution in [1.82, 2.24) is 19.9 Å². The van der Waals surface area contributed by atoms with Crippen molar-refractivity contribution in [3.05, 3.63) is 46.8 Å². The summed E-state index contributed by atoms with van der Waals surface area (Å²) in [5, 5.41) is 3.91. The number of aryl methyl sites for hydroxylation is 1. The van der Waals surface area contributed by atoms with Crippen LogP contribution in [0, 0.1) is 6.92 Å². The van der Waals surface area contributed by atoms with E-state index < -0.39 is 0 Å². The van der Waals surface area contributed by atoms with E-state index in [1.165, 1.54) is 0 Å². The molecular weight excluding hydrogens is 326 g/mol. The Bertz CT molecular complexity index is 1110. The molecule has 134 valence electrons. The second-order valence-electron chi connectivity index (χ2n) is 7.80. The zero-order valence-electron chi connectivity index (χ0n) is 15.8. The van der Waals surface area contributed by atoms with E-state index in [4.69, 9.17) is 9.98 Å². The maximum Gasteiger partial charge on any atom is 0.253 e.